The maximum Gasteiger partial charge on any atom is 0.255 e. The van der Waals surface area contributed by atoms with Gasteiger partial charge >= 0.3 is 0 Å². The molecule has 2 aromatic rings. The number of likely N-dealkylation sites (tertiary alicyclic amines) is 1. The summed E-state index contributed by atoms with van der Waals surface area (Å²) >= 11 is 12.3. The summed E-state index contributed by atoms with van der Waals surface area (Å²) in [6, 6.07) is 5.40. The monoisotopic (exact) mass is 499 g/mol. The lowest BCUT2D eigenvalue weighted by Crippen LogP contribution is -2.44. The second-order valence-electron chi connectivity index (χ2n) is 8.87. The molecule has 1 aliphatic rings. The highest BCUT2D eigenvalue weighted by Crippen LogP contribution is 2.40. The molecule has 1 fully saturated rings. The van der Waals surface area contributed by atoms with Gasteiger partial charge in [-0.15, -0.1) is 0 Å². The first kappa shape index (κ1) is 24.8. The largest absolute Gasteiger partial charge is 0.508 e. The molecule has 0 spiro atoms. The number of pyridine rings is 1. The van der Waals surface area contributed by atoms with E-state index in [1.165, 1.54) is 24.4 Å². The minimum absolute atomic E-state index is 0.00377. The summed E-state index contributed by atoms with van der Waals surface area (Å²) in [5, 5.41) is 11.1. The highest BCUT2D eigenvalue weighted by atomic mass is 35.5. The van der Waals surface area contributed by atoms with Crippen molar-refractivity contribution in [2.45, 2.75) is 44.4 Å². The predicted octanol–water partition coefficient (Wildman–Crippen LogP) is 4.03. The van der Waals surface area contributed by atoms with Gasteiger partial charge < -0.3 is 15.0 Å². The number of aromatic amines is 1. The first-order chi connectivity index (χ1) is 15.0. The topological polar surface area (TPSA) is 102 Å². The fraction of sp³-hybridized carbons (Fsp3) is 0.455. The zero-order chi connectivity index (χ0) is 23.6. The van der Waals surface area contributed by atoms with E-state index >= 15 is 0 Å². The summed E-state index contributed by atoms with van der Waals surface area (Å²) < 4.78 is 15.6. The minimum atomic E-state index is -1.39. The van der Waals surface area contributed by atoms with E-state index in [9.17, 15) is 18.9 Å². The Kier molecular flexibility index (Phi) is 7.70. The summed E-state index contributed by atoms with van der Waals surface area (Å²) in [5.74, 6) is -0.168. The zero-order valence-electron chi connectivity index (χ0n) is 18.2. The number of phenolic OH excluding ortho intramolecular Hbond substituents is 1. The van der Waals surface area contributed by atoms with Gasteiger partial charge in [0.2, 0.25) is 5.56 Å². The van der Waals surface area contributed by atoms with Crippen molar-refractivity contribution < 1.29 is 14.1 Å². The number of benzene rings is 1. The molecular weight excluding hydrogens is 473 g/mol. The van der Waals surface area contributed by atoms with Gasteiger partial charge in [0.15, 0.2) is 0 Å². The maximum absolute atomic E-state index is 12.9. The van der Waals surface area contributed by atoms with E-state index in [2.05, 4.69) is 9.71 Å². The van der Waals surface area contributed by atoms with Gasteiger partial charge in [0.1, 0.15) is 5.75 Å². The van der Waals surface area contributed by atoms with Crippen molar-refractivity contribution >= 4 is 40.1 Å². The van der Waals surface area contributed by atoms with Crippen LogP contribution in [0, 0.1) is 5.92 Å². The van der Waals surface area contributed by atoms with Crippen LogP contribution in [-0.2, 0) is 11.0 Å². The Morgan fingerprint density at radius 1 is 1.22 bits per heavy atom. The average Bonchev–Trinajstić information content (AvgIpc) is 2.74. The fourth-order valence-electron chi connectivity index (χ4n) is 3.67. The van der Waals surface area contributed by atoms with Crippen LogP contribution in [0.25, 0.3) is 0 Å². The highest BCUT2D eigenvalue weighted by molar-refractivity contribution is 7.84. The molecule has 2 heterocycles. The number of amides is 1. The number of halogens is 2. The second kappa shape index (κ2) is 9.95. The van der Waals surface area contributed by atoms with E-state index < -0.39 is 21.8 Å². The first-order valence-corrected chi connectivity index (χ1v) is 12.2. The number of phenols is 1. The Morgan fingerprint density at radius 3 is 2.41 bits per heavy atom. The van der Waals surface area contributed by atoms with Gasteiger partial charge in [-0.3, -0.25) is 9.59 Å². The SMILES string of the molecule is CC(C)(C)[S@](=O)N[C@@H](c1cc(Cl)c(Cl)cc1O)C1CCN(C(=O)c2ccc(=O)[nH]c2)CC1. The molecule has 3 N–H and O–H groups in total. The lowest BCUT2D eigenvalue weighted by Gasteiger charge is -2.37. The fourth-order valence-corrected chi connectivity index (χ4v) is 4.90. The molecule has 174 valence electrons. The van der Waals surface area contributed by atoms with Gasteiger partial charge in [-0.1, -0.05) is 23.2 Å². The van der Waals surface area contributed by atoms with Crippen LogP contribution in [0.2, 0.25) is 10.0 Å². The number of carbonyl (C=O) groups is 1. The quantitative estimate of drug-likeness (QED) is 0.577. The van der Waals surface area contributed by atoms with E-state index in [4.69, 9.17) is 23.2 Å². The summed E-state index contributed by atoms with van der Waals surface area (Å²) in [7, 11) is -1.39. The van der Waals surface area contributed by atoms with Crippen molar-refractivity contribution in [2.24, 2.45) is 5.92 Å². The molecule has 0 aliphatic carbocycles. The normalized spacial score (nSPS) is 17.2. The number of rotatable bonds is 5. The van der Waals surface area contributed by atoms with Crippen LogP contribution in [0.4, 0.5) is 0 Å². The van der Waals surface area contributed by atoms with Gasteiger partial charge in [-0.2, -0.15) is 0 Å². The molecule has 32 heavy (non-hydrogen) atoms. The van der Waals surface area contributed by atoms with Crippen molar-refractivity contribution in [3.05, 3.63) is 62.0 Å². The molecule has 1 aromatic heterocycles. The molecule has 0 radical (unpaired) electrons. The highest BCUT2D eigenvalue weighted by Gasteiger charge is 2.34. The van der Waals surface area contributed by atoms with Crippen molar-refractivity contribution in [3.8, 4) is 5.75 Å². The number of nitrogens with zero attached hydrogens (tertiary/aromatic N) is 1. The summed E-state index contributed by atoms with van der Waals surface area (Å²) in [6.45, 7) is 6.59. The van der Waals surface area contributed by atoms with E-state index in [0.717, 1.165) is 0 Å². The maximum atomic E-state index is 12.9. The Hall–Kier alpha value is -1.87. The smallest absolute Gasteiger partial charge is 0.255 e. The predicted molar refractivity (Wildman–Crippen MR) is 128 cm³/mol. The summed E-state index contributed by atoms with van der Waals surface area (Å²) in [5.41, 5.74) is 0.693. The molecule has 10 heteroatoms. The minimum Gasteiger partial charge on any atom is -0.508 e. The number of hydrogen-bond acceptors (Lipinski definition) is 4. The van der Waals surface area contributed by atoms with Crippen molar-refractivity contribution in [1.82, 2.24) is 14.6 Å². The van der Waals surface area contributed by atoms with Crippen LogP contribution in [0.5, 0.6) is 5.75 Å². The molecule has 3 rings (SSSR count). The molecular formula is C22H27Cl2N3O4S. The Bertz CT molecular complexity index is 1060. The molecule has 0 bridgehead atoms. The third-order valence-corrected chi connectivity index (χ3v) is 7.83. The first-order valence-electron chi connectivity index (χ1n) is 10.3. The van der Waals surface area contributed by atoms with E-state index in [-0.39, 0.29) is 28.2 Å². The summed E-state index contributed by atoms with van der Waals surface area (Å²) in [6.07, 6.45) is 2.68. The molecule has 7 nitrogen and oxygen atoms in total. The number of aromatic hydroxyl groups is 1. The van der Waals surface area contributed by atoms with Gasteiger partial charge in [-0.05, 0) is 51.7 Å². The van der Waals surface area contributed by atoms with Gasteiger partial charge in [0, 0.05) is 37.0 Å². The number of hydrogen-bond donors (Lipinski definition) is 3. The Morgan fingerprint density at radius 2 is 1.84 bits per heavy atom. The second-order valence-corrected chi connectivity index (χ2v) is 11.7. The molecule has 1 amide bonds. The number of H-pyrrole nitrogens is 1. The van der Waals surface area contributed by atoms with Gasteiger partial charge in [0.25, 0.3) is 5.91 Å². The number of aromatic nitrogens is 1. The van der Waals surface area contributed by atoms with Crippen LogP contribution >= 0.6 is 23.2 Å². The molecule has 1 aliphatic heterocycles. The third kappa shape index (κ3) is 5.73. The lowest BCUT2D eigenvalue weighted by atomic mass is 9.85. The zero-order valence-corrected chi connectivity index (χ0v) is 20.5. The molecule has 0 saturated carbocycles. The van der Waals surface area contributed by atoms with Crippen LogP contribution < -0.4 is 10.3 Å². The third-order valence-electron chi connectivity index (χ3n) is 5.52. The van der Waals surface area contributed by atoms with E-state index in [1.54, 1.807) is 11.0 Å². The number of carbonyl (C=O) groups excluding carboxylic acids is 1. The molecule has 1 aromatic carbocycles. The van der Waals surface area contributed by atoms with E-state index in [0.29, 0.717) is 42.1 Å². The standard InChI is InChI=1S/C22H27Cl2N3O4S/c1-22(2,3)32(31)26-20(15-10-16(23)17(24)11-18(15)28)13-6-8-27(9-7-13)21(30)14-4-5-19(29)25-12-14/h4-5,10-13,20,26,28H,6-9H2,1-3H3,(H,25,29)/t20-,32+/m1/s1. The van der Waals surface area contributed by atoms with E-state index in [1.807, 2.05) is 20.8 Å². The van der Waals surface area contributed by atoms with Crippen LogP contribution in [0.3, 0.4) is 0 Å². The van der Waals surface area contributed by atoms with Crippen molar-refractivity contribution in [2.75, 3.05) is 13.1 Å². The van der Waals surface area contributed by atoms with Gasteiger partial charge in [0.05, 0.1) is 37.4 Å². The number of piperidine rings is 1. The van der Waals surface area contributed by atoms with Crippen molar-refractivity contribution in [3.63, 3.8) is 0 Å². The van der Waals surface area contributed by atoms with Crippen LogP contribution in [-0.4, -0.2) is 42.9 Å². The Balaban J connectivity index is 1.81. The van der Waals surface area contributed by atoms with Crippen LogP contribution in [0.1, 0.15) is 55.6 Å². The van der Waals surface area contributed by atoms with Crippen LogP contribution in [0.15, 0.2) is 35.3 Å². The molecule has 2 atom stereocenters. The molecule has 0 unspecified atom stereocenters. The van der Waals surface area contributed by atoms with Crippen molar-refractivity contribution in [1.29, 1.82) is 0 Å². The average molecular weight is 500 g/mol. The summed E-state index contributed by atoms with van der Waals surface area (Å²) in [4.78, 5) is 28.3. The lowest BCUT2D eigenvalue weighted by molar-refractivity contribution is 0.0674. The molecule has 1 saturated heterocycles. The number of nitrogens with one attached hydrogen (secondary N) is 2. The van der Waals surface area contributed by atoms with Gasteiger partial charge in [-0.25, -0.2) is 8.93 Å². The Labute approximate surface area is 199 Å².